The highest BCUT2D eigenvalue weighted by atomic mass is 32.1. The van der Waals surface area contributed by atoms with Crippen molar-refractivity contribution in [1.82, 2.24) is 14.8 Å². The number of hydrogen-bond donors (Lipinski definition) is 0. The Morgan fingerprint density at radius 1 is 1.31 bits per heavy atom. The Balaban J connectivity index is 1.17. The molecule has 1 aromatic carbocycles. The third-order valence-corrected chi connectivity index (χ3v) is 7.04. The summed E-state index contributed by atoms with van der Waals surface area (Å²) in [7, 11) is 2.26. The van der Waals surface area contributed by atoms with Crippen LogP contribution in [0.1, 0.15) is 29.8 Å². The molecule has 2 fully saturated rings. The molecule has 0 amide bonds. The molecule has 26 heavy (non-hydrogen) atoms. The first-order chi connectivity index (χ1) is 12.7. The van der Waals surface area contributed by atoms with E-state index >= 15 is 0 Å². The van der Waals surface area contributed by atoms with Crippen molar-refractivity contribution in [2.75, 3.05) is 26.9 Å². The van der Waals surface area contributed by atoms with Gasteiger partial charge in [0.1, 0.15) is 5.01 Å². The molecule has 1 atom stereocenters. The van der Waals surface area contributed by atoms with Gasteiger partial charge in [-0.05, 0) is 50.9 Å². The number of para-hydroxylation sites is 1. The first-order valence-electron chi connectivity index (χ1n) is 9.42. The number of likely N-dealkylation sites (tertiary alicyclic amines) is 1. The zero-order chi connectivity index (χ0) is 17.6. The van der Waals surface area contributed by atoms with Crippen LogP contribution in [0.4, 0.5) is 0 Å². The number of benzene rings is 1. The molecule has 1 aromatic heterocycles. The highest BCUT2D eigenvalue weighted by Crippen LogP contribution is 2.56. The highest BCUT2D eigenvalue weighted by molar-refractivity contribution is 7.09. The minimum atomic E-state index is 0.350. The second kappa shape index (κ2) is 6.51. The quantitative estimate of drug-likeness (QED) is 0.806. The summed E-state index contributed by atoms with van der Waals surface area (Å²) in [4.78, 5) is 9.52. The predicted molar refractivity (Wildman–Crippen MR) is 101 cm³/mol. The predicted octanol–water partition coefficient (Wildman–Crippen LogP) is 3.36. The van der Waals surface area contributed by atoms with Crippen molar-refractivity contribution < 1.29 is 9.47 Å². The van der Waals surface area contributed by atoms with E-state index in [0.29, 0.717) is 12.2 Å². The number of aromatic nitrogens is 1. The molecular weight excluding hydrogens is 346 g/mol. The van der Waals surface area contributed by atoms with E-state index in [9.17, 15) is 0 Å². The molecular formula is C20H25N3O2S. The van der Waals surface area contributed by atoms with Crippen molar-refractivity contribution in [2.45, 2.75) is 38.4 Å². The molecule has 1 unspecified atom stereocenters. The molecule has 0 radical (unpaired) electrons. The van der Waals surface area contributed by atoms with Gasteiger partial charge in [-0.3, -0.25) is 9.80 Å². The smallest absolute Gasteiger partial charge is 0.231 e. The first-order valence-corrected chi connectivity index (χ1v) is 10.3. The van der Waals surface area contributed by atoms with E-state index in [-0.39, 0.29) is 0 Å². The number of hydrogen-bond acceptors (Lipinski definition) is 6. The molecule has 1 saturated carbocycles. The number of rotatable bonds is 5. The molecule has 6 heteroatoms. The number of ether oxygens (including phenoxy) is 2. The number of nitrogens with zero attached hydrogens (tertiary/aromatic N) is 3. The normalized spacial score (nSPS) is 23.7. The van der Waals surface area contributed by atoms with Gasteiger partial charge in [0.05, 0.1) is 6.54 Å². The SMILES string of the molecule is CN(Cc1nccs1)C1CC12CCN(Cc1cccc3c1OCO3)CC2. The lowest BCUT2D eigenvalue weighted by Gasteiger charge is -2.34. The minimum absolute atomic E-state index is 0.350. The van der Waals surface area contributed by atoms with Gasteiger partial charge in [0.15, 0.2) is 11.5 Å². The molecule has 138 valence electrons. The van der Waals surface area contributed by atoms with Crippen molar-refractivity contribution >= 4 is 11.3 Å². The molecule has 5 nitrogen and oxygen atoms in total. The largest absolute Gasteiger partial charge is 0.454 e. The summed E-state index contributed by atoms with van der Waals surface area (Å²) in [5.74, 6) is 1.84. The van der Waals surface area contributed by atoms with Crippen LogP contribution in [0.15, 0.2) is 29.8 Å². The van der Waals surface area contributed by atoms with E-state index < -0.39 is 0 Å². The summed E-state index contributed by atoms with van der Waals surface area (Å²) in [5.41, 5.74) is 1.80. The third-order valence-electron chi connectivity index (χ3n) is 6.27. The van der Waals surface area contributed by atoms with Crippen LogP contribution in [-0.4, -0.2) is 47.8 Å². The second-order valence-electron chi connectivity index (χ2n) is 7.85. The fourth-order valence-electron chi connectivity index (χ4n) is 4.65. The fraction of sp³-hybridized carbons (Fsp3) is 0.550. The maximum atomic E-state index is 5.66. The molecule has 2 aliphatic heterocycles. The van der Waals surface area contributed by atoms with Gasteiger partial charge in [0.25, 0.3) is 0 Å². The summed E-state index contributed by atoms with van der Waals surface area (Å²) in [5, 5.41) is 3.30. The summed E-state index contributed by atoms with van der Waals surface area (Å²) in [6, 6.07) is 6.95. The van der Waals surface area contributed by atoms with E-state index in [1.165, 1.54) is 42.9 Å². The van der Waals surface area contributed by atoms with Crippen molar-refractivity contribution in [3.8, 4) is 11.5 Å². The van der Waals surface area contributed by atoms with E-state index in [1.54, 1.807) is 11.3 Å². The summed E-state index contributed by atoms with van der Waals surface area (Å²) in [6.07, 6.45) is 5.85. The molecule has 2 aromatic rings. The van der Waals surface area contributed by atoms with E-state index in [1.807, 2.05) is 12.3 Å². The van der Waals surface area contributed by atoms with Crippen molar-refractivity contribution in [3.63, 3.8) is 0 Å². The molecule has 3 aliphatic rings. The second-order valence-corrected chi connectivity index (χ2v) is 8.83. The lowest BCUT2D eigenvalue weighted by Crippen LogP contribution is -2.37. The highest BCUT2D eigenvalue weighted by Gasteiger charge is 2.56. The Kier molecular flexibility index (Phi) is 4.14. The maximum absolute atomic E-state index is 5.66. The fourth-order valence-corrected chi connectivity index (χ4v) is 5.33. The van der Waals surface area contributed by atoms with Crippen molar-refractivity contribution in [1.29, 1.82) is 0 Å². The monoisotopic (exact) mass is 371 g/mol. The molecule has 3 heterocycles. The summed E-state index contributed by atoms with van der Waals surface area (Å²) >= 11 is 1.76. The molecule has 0 N–H and O–H groups in total. The lowest BCUT2D eigenvalue weighted by atomic mass is 9.92. The van der Waals surface area contributed by atoms with Gasteiger partial charge in [-0.25, -0.2) is 4.98 Å². The van der Waals surface area contributed by atoms with Crippen molar-refractivity contribution in [3.05, 3.63) is 40.3 Å². The maximum Gasteiger partial charge on any atom is 0.231 e. The molecule has 1 spiro atoms. The Bertz CT molecular complexity index is 771. The zero-order valence-corrected chi connectivity index (χ0v) is 16.0. The van der Waals surface area contributed by atoms with Crippen LogP contribution >= 0.6 is 11.3 Å². The molecule has 5 rings (SSSR count). The Morgan fingerprint density at radius 3 is 3.00 bits per heavy atom. The van der Waals surface area contributed by atoms with Crippen LogP contribution in [0.5, 0.6) is 11.5 Å². The summed E-state index contributed by atoms with van der Waals surface area (Å²) < 4.78 is 11.2. The van der Waals surface area contributed by atoms with E-state index in [0.717, 1.165) is 30.6 Å². The van der Waals surface area contributed by atoms with Gasteiger partial charge >= 0.3 is 0 Å². The first kappa shape index (κ1) is 16.5. The average Bonchev–Trinajstić information content (AvgIpc) is 3.03. The zero-order valence-electron chi connectivity index (χ0n) is 15.2. The van der Waals surface area contributed by atoms with Gasteiger partial charge in [0, 0.05) is 29.7 Å². The van der Waals surface area contributed by atoms with Crippen LogP contribution in [0.2, 0.25) is 0 Å². The molecule has 1 aliphatic carbocycles. The Hall–Kier alpha value is -1.63. The Labute approximate surface area is 158 Å². The Morgan fingerprint density at radius 2 is 2.19 bits per heavy atom. The van der Waals surface area contributed by atoms with Crippen LogP contribution < -0.4 is 9.47 Å². The standard InChI is InChI=1S/C20H25N3O2S/c1-22(13-18-21-7-10-26-18)17-11-20(17)5-8-23(9-6-20)12-15-3-2-4-16-19(15)25-14-24-16/h2-4,7,10,17H,5-6,8-9,11-14H2,1H3. The molecule has 0 bridgehead atoms. The van der Waals surface area contributed by atoms with Crippen LogP contribution in [-0.2, 0) is 13.1 Å². The number of fused-ring (bicyclic) bond motifs is 1. The average molecular weight is 372 g/mol. The van der Waals surface area contributed by atoms with Gasteiger partial charge in [-0.1, -0.05) is 12.1 Å². The van der Waals surface area contributed by atoms with Gasteiger partial charge in [-0.15, -0.1) is 11.3 Å². The molecule has 1 saturated heterocycles. The minimum Gasteiger partial charge on any atom is -0.454 e. The van der Waals surface area contributed by atoms with Crippen molar-refractivity contribution in [2.24, 2.45) is 5.41 Å². The third kappa shape index (κ3) is 3.00. The van der Waals surface area contributed by atoms with Crippen LogP contribution in [0.25, 0.3) is 0 Å². The number of piperidine rings is 1. The van der Waals surface area contributed by atoms with E-state index in [2.05, 4.69) is 39.3 Å². The van der Waals surface area contributed by atoms with Crippen LogP contribution in [0, 0.1) is 5.41 Å². The van der Waals surface area contributed by atoms with Gasteiger partial charge < -0.3 is 9.47 Å². The van der Waals surface area contributed by atoms with Gasteiger partial charge in [0.2, 0.25) is 6.79 Å². The van der Waals surface area contributed by atoms with E-state index in [4.69, 9.17) is 9.47 Å². The lowest BCUT2D eigenvalue weighted by molar-refractivity contribution is 0.137. The van der Waals surface area contributed by atoms with Gasteiger partial charge in [-0.2, -0.15) is 0 Å². The number of thiazole rings is 1. The summed E-state index contributed by atoms with van der Waals surface area (Å²) in [6.45, 7) is 4.64. The topological polar surface area (TPSA) is 37.8 Å². The van der Waals surface area contributed by atoms with Crippen LogP contribution in [0.3, 0.4) is 0 Å².